The van der Waals surface area contributed by atoms with Gasteiger partial charge in [-0.15, -0.1) is 6.42 Å². The van der Waals surface area contributed by atoms with Crippen LogP contribution in [0.1, 0.15) is 16.7 Å². The maximum atomic E-state index is 9.28. The molecule has 3 aromatic rings. The summed E-state index contributed by atoms with van der Waals surface area (Å²) in [6, 6.07) is 28.8. The molecule has 0 aliphatic carbocycles. The second kappa shape index (κ2) is 13.5. The molecule has 1 fully saturated rings. The van der Waals surface area contributed by atoms with Gasteiger partial charge in [0.2, 0.25) is 0 Å². The van der Waals surface area contributed by atoms with Gasteiger partial charge in [-0.2, -0.15) is 0 Å². The monoisotopic (exact) mass is 483 g/mol. The summed E-state index contributed by atoms with van der Waals surface area (Å²) in [6.45, 7) is 1.30. The molecule has 3 aromatic carbocycles. The van der Waals surface area contributed by atoms with Gasteiger partial charge < -0.3 is 18.9 Å². The maximum absolute atomic E-state index is 9.28. The fourth-order valence-electron chi connectivity index (χ4n) is 4.18. The third-order valence-electron chi connectivity index (χ3n) is 5.97. The number of hydrogen-bond donors (Lipinski definition) is 0. The van der Waals surface area contributed by atoms with E-state index in [-0.39, 0.29) is 6.61 Å². The fourth-order valence-corrected chi connectivity index (χ4v) is 4.18. The fraction of sp³-hybridized carbons (Fsp3) is 0.310. The molecule has 5 atom stereocenters. The molecule has 36 heavy (non-hydrogen) atoms. The highest BCUT2D eigenvalue weighted by atomic mass is 16.6. The van der Waals surface area contributed by atoms with Crippen LogP contribution in [0, 0.1) is 12.3 Å². The van der Waals surface area contributed by atoms with Crippen LogP contribution >= 0.6 is 0 Å². The summed E-state index contributed by atoms with van der Waals surface area (Å²) in [4.78, 5) is 3.03. The molecule has 0 radical (unpaired) electrons. The average molecular weight is 484 g/mol. The van der Waals surface area contributed by atoms with Gasteiger partial charge in [0.1, 0.15) is 24.4 Å². The Morgan fingerprint density at radius 3 is 1.78 bits per heavy atom. The molecule has 1 saturated heterocycles. The predicted molar refractivity (Wildman–Crippen MR) is 137 cm³/mol. The number of terminal acetylenes is 1. The molecule has 0 unspecified atom stereocenters. The lowest BCUT2D eigenvalue weighted by Gasteiger charge is -2.43. The Labute approximate surface area is 211 Å². The summed E-state index contributed by atoms with van der Waals surface area (Å²) in [5, 5.41) is 3.96. The predicted octanol–water partition coefficient (Wildman–Crippen LogP) is 5.45. The zero-order valence-corrected chi connectivity index (χ0v) is 19.9. The zero-order valence-electron chi connectivity index (χ0n) is 19.9. The second-order valence-corrected chi connectivity index (χ2v) is 8.48. The molecule has 1 heterocycles. The van der Waals surface area contributed by atoms with Gasteiger partial charge in [-0.25, -0.2) is 0 Å². The van der Waals surface area contributed by atoms with E-state index >= 15 is 0 Å². The van der Waals surface area contributed by atoms with Crippen molar-refractivity contribution in [2.45, 2.75) is 50.3 Å². The van der Waals surface area contributed by atoms with Crippen molar-refractivity contribution in [3.05, 3.63) is 118 Å². The van der Waals surface area contributed by atoms with E-state index < -0.39 is 30.5 Å². The van der Waals surface area contributed by atoms with Crippen LogP contribution in [0.2, 0.25) is 0 Å². The standard InChI is InChI=1S/C29H29N3O4/c1-2-25-27(31-32-30)29(35-20-24-16-10-5-11-17-24)28(34-19-23-14-8-4-9-15-23)26(36-25)21-33-18-22-12-6-3-7-13-22/h1,3-17,25-29H,18-21H2/t25-,26+,27-,28+,29+/m0/s1. The van der Waals surface area contributed by atoms with Gasteiger partial charge in [0.25, 0.3) is 0 Å². The molecular weight excluding hydrogens is 454 g/mol. The molecule has 7 nitrogen and oxygen atoms in total. The minimum Gasteiger partial charge on any atom is -0.374 e. The molecule has 0 bridgehead atoms. The number of benzene rings is 3. The smallest absolute Gasteiger partial charge is 0.129 e. The van der Waals surface area contributed by atoms with E-state index in [1.54, 1.807) is 0 Å². The largest absolute Gasteiger partial charge is 0.374 e. The summed E-state index contributed by atoms with van der Waals surface area (Å²) in [5.41, 5.74) is 12.3. The summed E-state index contributed by atoms with van der Waals surface area (Å²) in [7, 11) is 0. The number of rotatable bonds is 11. The maximum Gasteiger partial charge on any atom is 0.129 e. The van der Waals surface area contributed by atoms with Crippen molar-refractivity contribution in [1.29, 1.82) is 0 Å². The van der Waals surface area contributed by atoms with Crippen LogP contribution in [-0.2, 0) is 38.8 Å². The lowest BCUT2D eigenvalue weighted by Crippen LogP contribution is -2.59. The Morgan fingerprint density at radius 2 is 1.28 bits per heavy atom. The number of nitrogens with zero attached hydrogens (tertiary/aromatic N) is 3. The number of azide groups is 1. The van der Waals surface area contributed by atoms with Crippen molar-refractivity contribution >= 4 is 0 Å². The van der Waals surface area contributed by atoms with Crippen LogP contribution in [0.15, 0.2) is 96.1 Å². The molecule has 0 spiro atoms. The average Bonchev–Trinajstić information content (AvgIpc) is 2.93. The Balaban J connectivity index is 1.56. The Morgan fingerprint density at radius 1 is 0.778 bits per heavy atom. The van der Waals surface area contributed by atoms with Crippen molar-refractivity contribution in [2.24, 2.45) is 5.11 Å². The van der Waals surface area contributed by atoms with E-state index in [1.165, 1.54) is 0 Å². The highest BCUT2D eigenvalue weighted by Gasteiger charge is 2.46. The normalized spacial score (nSPS) is 23.4. The quantitative estimate of drug-likeness (QED) is 0.157. The third kappa shape index (κ3) is 6.96. The van der Waals surface area contributed by atoms with Crippen molar-refractivity contribution in [3.8, 4) is 12.3 Å². The minimum absolute atomic E-state index is 0.237. The Bertz CT molecular complexity index is 1150. The van der Waals surface area contributed by atoms with Gasteiger partial charge in [0, 0.05) is 4.91 Å². The molecule has 4 rings (SSSR count). The number of ether oxygens (including phenoxy) is 4. The van der Waals surface area contributed by atoms with Crippen LogP contribution in [0.3, 0.4) is 0 Å². The van der Waals surface area contributed by atoms with Crippen LogP contribution in [0.4, 0.5) is 0 Å². The topological polar surface area (TPSA) is 85.7 Å². The first kappa shape index (κ1) is 25.5. The zero-order chi connectivity index (χ0) is 25.0. The van der Waals surface area contributed by atoms with Gasteiger partial charge in [-0.3, -0.25) is 0 Å². The Hall–Kier alpha value is -3.63. The first-order chi connectivity index (χ1) is 17.8. The molecule has 0 amide bonds. The van der Waals surface area contributed by atoms with E-state index in [1.807, 2.05) is 91.0 Å². The van der Waals surface area contributed by atoms with E-state index in [0.29, 0.717) is 19.8 Å². The third-order valence-corrected chi connectivity index (χ3v) is 5.97. The van der Waals surface area contributed by atoms with E-state index in [0.717, 1.165) is 16.7 Å². The van der Waals surface area contributed by atoms with Crippen LogP contribution in [0.5, 0.6) is 0 Å². The van der Waals surface area contributed by atoms with Gasteiger partial charge in [0.15, 0.2) is 0 Å². The van der Waals surface area contributed by atoms with Crippen LogP contribution in [-0.4, -0.2) is 37.1 Å². The number of hydrogen-bond acceptors (Lipinski definition) is 5. The van der Waals surface area contributed by atoms with Crippen molar-refractivity contribution in [1.82, 2.24) is 0 Å². The van der Waals surface area contributed by atoms with Crippen LogP contribution in [0.25, 0.3) is 10.4 Å². The molecule has 7 heteroatoms. The highest BCUT2D eigenvalue weighted by molar-refractivity contribution is 5.16. The van der Waals surface area contributed by atoms with E-state index in [4.69, 9.17) is 25.4 Å². The molecular formula is C29H29N3O4. The SMILES string of the molecule is C#C[C@@H]1O[C@H](COCc2ccccc2)[C@@H](OCc2ccccc2)[C@H](OCc2ccccc2)[C@H]1N=[N+]=[N-]. The lowest BCUT2D eigenvalue weighted by molar-refractivity contribution is -0.217. The molecule has 1 aliphatic heterocycles. The first-order valence-electron chi connectivity index (χ1n) is 11.9. The first-order valence-corrected chi connectivity index (χ1v) is 11.9. The van der Waals surface area contributed by atoms with Crippen molar-refractivity contribution < 1.29 is 18.9 Å². The van der Waals surface area contributed by atoms with Crippen LogP contribution < -0.4 is 0 Å². The second-order valence-electron chi connectivity index (χ2n) is 8.48. The van der Waals surface area contributed by atoms with Crippen molar-refractivity contribution in [2.75, 3.05) is 6.61 Å². The molecule has 0 saturated carbocycles. The minimum atomic E-state index is -0.774. The summed E-state index contributed by atoms with van der Waals surface area (Å²) >= 11 is 0. The molecule has 0 aromatic heterocycles. The summed E-state index contributed by atoms with van der Waals surface area (Å²) < 4.78 is 24.9. The molecule has 184 valence electrons. The Kier molecular flexibility index (Phi) is 9.52. The van der Waals surface area contributed by atoms with Crippen molar-refractivity contribution in [3.63, 3.8) is 0 Å². The summed E-state index contributed by atoms with van der Waals surface area (Å²) in [5.74, 6) is 2.62. The van der Waals surface area contributed by atoms with Gasteiger partial charge in [-0.05, 0) is 22.2 Å². The van der Waals surface area contributed by atoms with Gasteiger partial charge in [-0.1, -0.05) is 102 Å². The molecule has 0 N–H and O–H groups in total. The highest BCUT2D eigenvalue weighted by Crippen LogP contribution is 2.30. The van der Waals surface area contributed by atoms with Gasteiger partial charge in [0.05, 0.1) is 32.5 Å². The molecule has 1 aliphatic rings. The summed E-state index contributed by atoms with van der Waals surface area (Å²) in [6.07, 6.45) is 3.28. The lowest BCUT2D eigenvalue weighted by atomic mass is 9.93. The van der Waals surface area contributed by atoms with E-state index in [9.17, 15) is 5.53 Å². The van der Waals surface area contributed by atoms with E-state index in [2.05, 4.69) is 15.9 Å². The van der Waals surface area contributed by atoms with Gasteiger partial charge >= 0.3 is 0 Å².